The second-order valence-corrected chi connectivity index (χ2v) is 12.0. The van der Waals surface area contributed by atoms with Gasteiger partial charge in [-0.15, -0.1) is 0 Å². The summed E-state index contributed by atoms with van der Waals surface area (Å²) in [4.78, 5) is 14.3. The highest BCUT2D eigenvalue weighted by molar-refractivity contribution is 7.99. The molecule has 0 aliphatic carbocycles. The van der Waals surface area contributed by atoms with Crippen molar-refractivity contribution in [2.24, 2.45) is 0 Å². The molecule has 3 aliphatic rings. The maximum atomic E-state index is 13.2. The summed E-state index contributed by atoms with van der Waals surface area (Å²) in [6, 6.07) is 6.03. The minimum absolute atomic E-state index is 0.101. The van der Waals surface area contributed by atoms with Crippen molar-refractivity contribution in [1.82, 2.24) is 19.6 Å². The number of hydrogen-bond donors (Lipinski definition) is 0. The van der Waals surface area contributed by atoms with Gasteiger partial charge in [0.05, 0.1) is 17.8 Å². The summed E-state index contributed by atoms with van der Waals surface area (Å²) in [5, 5.41) is 0. The minimum atomic E-state index is -4.21. The first-order chi connectivity index (χ1) is 16.8. The fourth-order valence-corrected chi connectivity index (χ4v) is 6.60. The molecule has 10 heteroatoms. The van der Waals surface area contributed by atoms with Crippen molar-refractivity contribution in [2.45, 2.75) is 61.9 Å². The van der Waals surface area contributed by atoms with Gasteiger partial charge in [0.25, 0.3) is 0 Å². The van der Waals surface area contributed by atoms with Crippen molar-refractivity contribution < 1.29 is 13.2 Å². The molecule has 0 saturated carbocycles. The molecule has 1 fully saturated rings. The number of alkyl halides is 3. The Bertz CT molecular complexity index is 959. The zero-order valence-electron chi connectivity index (χ0n) is 22.6. The molecule has 2 atom stereocenters. The van der Waals surface area contributed by atoms with Crippen LogP contribution in [-0.4, -0.2) is 104 Å². The van der Waals surface area contributed by atoms with E-state index in [0.717, 1.165) is 55.4 Å². The second kappa shape index (κ2) is 10.2. The lowest BCUT2D eigenvalue weighted by atomic mass is 9.98. The van der Waals surface area contributed by atoms with Crippen LogP contribution < -0.4 is 9.80 Å². The van der Waals surface area contributed by atoms with Gasteiger partial charge in [0.1, 0.15) is 17.5 Å². The molecule has 1 aromatic rings. The number of benzene rings is 1. The van der Waals surface area contributed by atoms with Crippen LogP contribution in [0.25, 0.3) is 0 Å². The van der Waals surface area contributed by atoms with E-state index < -0.39 is 18.8 Å². The molecule has 6 nitrogen and oxygen atoms in total. The summed E-state index contributed by atoms with van der Waals surface area (Å²) in [5.41, 5.74) is 2.02. The molecule has 0 spiro atoms. The van der Waals surface area contributed by atoms with Crippen LogP contribution in [0.4, 0.5) is 24.5 Å². The Morgan fingerprint density at radius 2 is 1.56 bits per heavy atom. The second-order valence-electron chi connectivity index (χ2n) is 10.9. The molecule has 202 valence electrons. The largest absolute Gasteiger partial charge is 0.392 e. The van der Waals surface area contributed by atoms with Crippen LogP contribution in [-0.2, 0) is 0 Å². The van der Waals surface area contributed by atoms with Gasteiger partial charge in [0.15, 0.2) is 0 Å². The first-order valence-corrected chi connectivity index (χ1v) is 13.7. The zero-order chi connectivity index (χ0) is 26.4. The van der Waals surface area contributed by atoms with Gasteiger partial charge in [-0.2, -0.15) is 13.2 Å². The monoisotopic (exact) mass is 526 g/mol. The molecule has 1 aromatic carbocycles. The Labute approximate surface area is 218 Å². The third-order valence-corrected chi connectivity index (χ3v) is 9.63. The van der Waals surface area contributed by atoms with Crippen LogP contribution in [0.2, 0.25) is 0 Å². The van der Waals surface area contributed by atoms with Gasteiger partial charge in [-0.3, -0.25) is 9.80 Å². The molecular weight excluding hydrogens is 485 g/mol. The maximum absolute atomic E-state index is 13.2. The minimum Gasteiger partial charge on any atom is -0.356 e. The summed E-state index contributed by atoms with van der Waals surface area (Å²) in [7, 11) is 7.77. The number of thioether (sulfide) groups is 1. The summed E-state index contributed by atoms with van der Waals surface area (Å²) in [6.07, 6.45) is -2.33. The van der Waals surface area contributed by atoms with Crippen LogP contribution >= 0.6 is 11.8 Å². The van der Waals surface area contributed by atoms with Gasteiger partial charge < -0.3 is 19.6 Å². The zero-order valence-corrected chi connectivity index (χ0v) is 23.5. The van der Waals surface area contributed by atoms with Gasteiger partial charge >= 0.3 is 6.18 Å². The Morgan fingerprint density at radius 3 is 2.17 bits per heavy atom. The molecule has 2 unspecified atom stereocenters. The van der Waals surface area contributed by atoms with Gasteiger partial charge in [0.2, 0.25) is 0 Å². The fraction of sp³-hybridized carbons (Fsp3) is 0.692. The quantitative estimate of drug-likeness (QED) is 0.526. The normalized spacial score (nSPS) is 24.4. The van der Waals surface area contributed by atoms with Crippen molar-refractivity contribution in [1.29, 1.82) is 0 Å². The van der Waals surface area contributed by atoms with Gasteiger partial charge in [-0.1, -0.05) is 18.7 Å². The molecule has 0 bridgehead atoms. The van der Waals surface area contributed by atoms with Gasteiger partial charge in [0, 0.05) is 64.3 Å². The SMILES string of the molecule is CCC(C)(C)N1CCN(C2=CCN(C)C(Sc3ccc4c(c3)N(C)C(CC(F)(F)F)N4C)N2C)CC1. The average Bonchev–Trinajstić information content (AvgIpc) is 3.05. The highest BCUT2D eigenvalue weighted by Crippen LogP contribution is 2.44. The highest BCUT2D eigenvalue weighted by Gasteiger charge is 2.41. The molecular formula is C26H41F3N6S. The third kappa shape index (κ3) is 5.41. The molecule has 1 saturated heterocycles. The van der Waals surface area contributed by atoms with E-state index in [2.05, 4.69) is 60.5 Å². The van der Waals surface area contributed by atoms with Crippen LogP contribution in [0.15, 0.2) is 35.0 Å². The van der Waals surface area contributed by atoms with Crippen molar-refractivity contribution in [3.8, 4) is 0 Å². The van der Waals surface area contributed by atoms with E-state index >= 15 is 0 Å². The van der Waals surface area contributed by atoms with Crippen LogP contribution in [0.1, 0.15) is 33.6 Å². The van der Waals surface area contributed by atoms with Crippen LogP contribution in [0.3, 0.4) is 0 Å². The number of halogens is 3. The van der Waals surface area contributed by atoms with E-state index in [0.29, 0.717) is 0 Å². The van der Waals surface area contributed by atoms with Crippen molar-refractivity contribution in [3.63, 3.8) is 0 Å². The molecule has 3 aliphatic heterocycles. The summed E-state index contributed by atoms with van der Waals surface area (Å²) in [6.45, 7) is 11.9. The van der Waals surface area contributed by atoms with E-state index in [1.807, 2.05) is 18.2 Å². The molecule has 0 N–H and O–H groups in total. The lowest BCUT2D eigenvalue weighted by Crippen LogP contribution is -2.57. The number of fused-ring (bicyclic) bond motifs is 1. The molecule has 0 aromatic heterocycles. The van der Waals surface area contributed by atoms with E-state index in [1.165, 1.54) is 5.82 Å². The number of rotatable bonds is 6. The number of hydrogen-bond acceptors (Lipinski definition) is 7. The Morgan fingerprint density at radius 1 is 0.917 bits per heavy atom. The predicted molar refractivity (Wildman–Crippen MR) is 143 cm³/mol. The number of nitrogens with zero attached hydrogens (tertiary/aromatic N) is 6. The molecule has 3 heterocycles. The number of likely N-dealkylation sites (N-methyl/N-ethyl adjacent to an activating group) is 1. The maximum Gasteiger partial charge on any atom is 0.392 e. The molecule has 4 rings (SSSR count). The van der Waals surface area contributed by atoms with Gasteiger partial charge in [-0.05, 0) is 51.6 Å². The summed E-state index contributed by atoms with van der Waals surface area (Å²) >= 11 is 1.75. The Hall–Kier alpha value is -1.78. The lowest BCUT2D eigenvalue weighted by molar-refractivity contribution is -0.137. The van der Waals surface area contributed by atoms with Crippen molar-refractivity contribution >= 4 is 23.1 Å². The summed E-state index contributed by atoms with van der Waals surface area (Å²) in [5.74, 6) is 1.27. The molecule has 0 amide bonds. The predicted octanol–water partition coefficient (Wildman–Crippen LogP) is 4.75. The fourth-order valence-electron chi connectivity index (χ4n) is 5.50. The number of piperazine rings is 1. The number of anilines is 2. The van der Waals surface area contributed by atoms with E-state index in [-0.39, 0.29) is 11.0 Å². The van der Waals surface area contributed by atoms with Crippen LogP contribution in [0, 0.1) is 0 Å². The Balaban J connectivity index is 1.45. The smallest absolute Gasteiger partial charge is 0.356 e. The van der Waals surface area contributed by atoms with E-state index in [9.17, 15) is 13.2 Å². The first-order valence-electron chi connectivity index (χ1n) is 12.8. The lowest BCUT2D eigenvalue weighted by Gasteiger charge is -2.49. The Kier molecular flexibility index (Phi) is 7.70. The highest BCUT2D eigenvalue weighted by atomic mass is 32.2. The third-order valence-electron chi connectivity index (χ3n) is 8.21. The average molecular weight is 527 g/mol. The standard InChI is InChI=1S/C26H41F3N6S/c1-8-25(2,3)35-15-13-34(14-16-35)22-11-12-30(4)24(33(22)7)36-19-9-10-20-21(17-19)32(6)23(31(20)5)18-26(27,28)29/h9-11,17,23-24H,8,12-16,18H2,1-7H3. The first kappa shape index (κ1) is 27.3. The van der Waals surface area contributed by atoms with Crippen molar-refractivity contribution in [2.75, 3.05) is 70.7 Å². The topological polar surface area (TPSA) is 19.4 Å². The summed E-state index contributed by atoms with van der Waals surface area (Å²) < 4.78 is 39.5. The molecule has 36 heavy (non-hydrogen) atoms. The van der Waals surface area contributed by atoms with Crippen molar-refractivity contribution in [3.05, 3.63) is 30.1 Å². The van der Waals surface area contributed by atoms with E-state index in [4.69, 9.17) is 0 Å². The molecule has 0 radical (unpaired) electrons. The van der Waals surface area contributed by atoms with Crippen LogP contribution in [0.5, 0.6) is 0 Å². The van der Waals surface area contributed by atoms with Gasteiger partial charge in [-0.25, -0.2) is 0 Å². The van der Waals surface area contributed by atoms with E-state index in [1.54, 1.807) is 35.7 Å².